The summed E-state index contributed by atoms with van der Waals surface area (Å²) in [6.45, 7) is 6.56. The molecular weight excluding hydrogens is 584 g/mol. The maximum atomic E-state index is 14.2. The molecule has 0 aromatic heterocycles. The van der Waals surface area contributed by atoms with Crippen molar-refractivity contribution in [1.82, 2.24) is 9.21 Å². The number of carbonyl (C=O) groups is 1. The van der Waals surface area contributed by atoms with Crippen molar-refractivity contribution in [1.29, 1.82) is 5.26 Å². The number of fused-ring (bicyclic) bond motifs is 1. The SMILES string of the molecule is CCNc1cccc(S(=O)(=O)N(C[C@@H](O)[C@H](Cc2ccccc2)N(C(=O)O)[C@H]2CO[C@H]3OCC[C@H]32)CC(C)(C)CCC#N)c1. The third-order valence-corrected chi connectivity index (χ3v) is 10.2. The number of carboxylic acid groups (broad SMARTS) is 1. The molecule has 0 spiro atoms. The lowest BCUT2D eigenvalue weighted by Gasteiger charge is -2.40. The summed E-state index contributed by atoms with van der Waals surface area (Å²) >= 11 is 0. The second-order valence-corrected chi connectivity index (χ2v) is 14.2. The van der Waals surface area contributed by atoms with E-state index in [0.29, 0.717) is 31.7 Å². The van der Waals surface area contributed by atoms with Gasteiger partial charge in [0.2, 0.25) is 10.0 Å². The molecule has 2 aliphatic heterocycles. The second-order valence-electron chi connectivity index (χ2n) is 12.3. The Hall–Kier alpha value is -3.21. The van der Waals surface area contributed by atoms with Crippen molar-refractivity contribution in [3.05, 3.63) is 60.2 Å². The number of nitrogens with zero attached hydrogens (tertiary/aromatic N) is 3. The van der Waals surface area contributed by atoms with Crippen LogP contribution in [-0.4, -0.2) is 91.3 Å². The summed E-state index contributed by atoms with van der Waals surface area (Å²) in [5.74, 6) is -0.185. The van der Waals surface area contributed by atoms with Crippen molar-refractivity contribution in [2.24, 2.45) is 11.3 Å². The van der Waals surface area contributed by atoms with E-state index >= 15 is 0 Å². The van der Waals surface area contributed by atoms with E-state index in [9.17, 15) is 28.7 Å². The lowest BCUT2D eigenvalue weighted by Crippen LogP contribution is -2.58. The van der Waals surface area contributed by atoms with Crippen molar-refractivity contribution >= 4 is 21.8 Å². The summed E-state index contributed by atoms with van der Waals surface area (Å²) in [5, 5.41) is 34.8. The summed E-state index contributed by atoms with van der Waals surface area (Å²) < 4.78 is 41.1. The van der Waals surface area contributed by atoms with Gasteiger partial charge < -0.3 is 25.0 Å². The zero-order valence-corrected chi connectivity index (χ0v) is 26.4. The summed E-state index contributed by atoms with van der Waals surface area (Å²) in [4.78, 5) is 14.2. The van der Waals surface area contributed by atoms with Crippen molar-refractivity contribution in [2.75, 3.05) is 38.2 Å². The number of anilines is 1. The predicted molar refractivity (Wildman–Crippen MR) is 165 cm³/mol. The van der Waals surface area contributed by atoms with Crippen LogP contribution in [0.2, 0.25) is 0 Å². The maximum Gasteiger partial charge on any atom is 0.407 e. The molecule has 0 radical (unpaired) electrons. The zero-order valence-electron chi connectivity index (χ0n) is 25.6. The van der Waals surface area contributed by atoms with Crippen LogP contribution in [-0.2, 0) is 25.9 Å². The number of hydrogen-bond acceptors (Lipinski definition) is 8. The fourth-order valence-corrected chi connectivity index (χ4v) is 7.88. The minimum atomic E-state index is -4.14. The van der Waals surface area contributed by atoms with Crippen LogP contribution in [0.15, 0.2) is 59.5 Å². The maximum absolute atomic E-state index is 14.2. The van der Waals surface area contributed by atoms with Gasteiger partial charge in [-0.25, -0.2) is 13.2 Å². The van der Waals surface area contributed by atoms with E-state index in [0.717, 1.165) is 5.56 Å². The molecule has 4 rings (SSSR count). The Morgan fingerprint density at radius 2 is 1.93 bits per heavy atom. The second kappa shape index (κ2) is 14.7. The Morgan fingerprint density at radius 1 is 1.18 bits per heavy atom. The van der Waals surface area contributed by atoms with Gasteiger partial charge in [-0.3, -0.25) is 4.90 Å². The molecule has 11 nitrogen and oxygen atoms in total. The van der Waals surface area contributed by atoms with Crippen LogP contribution in [0.3, 0.4) is 0 Å². The van der Waals surface area contributed by atoms with E-state index < -0.39 is 46.0 Å². The first-order valence-electron chi connectivity index (χ1n) is 15.1. The first-order valence-corrected chi connectivity index (χ1v) is 16.6. The van der Waals surface area contributed by atoms with E-state index in [2.05, 4.69) is 11.4 Å². The molecule has 5 atom stereocenters. The van der Waals surface area contributed by atoms with Gasteiger partial charge in [-0.2, -0.15) is 9.57 Å². The number of aliphatic hydroxyl groups excluding tert-OH is 1. The van der Waals surface area contributed by atoms with Crippen molar-refractivity contribution in [3.8, 4) is 6.07 Å². The van der Waals surface area contributed by atoms with Gasteiger partial charge in [-0.05, 0) is 55.4 Å². The number of nitriles is 1. The molecule has 2 aromatic carbocycles. The Labute approximate surface area is 260 Å². The lowest BCUT2D eigenvalue weighted by atomic mass is 9.87. The molecule has 44 heavy (non-hydrogen) atoms. The molecule has 0 saturated carbocycles. The van der Waals surface area contributed by atoms with Gasteiger partial charge in [0.05, 0.1) is 42.4 Å². The standard InChI is InChI=1S/C32H44N4O7S/c1-4-34-24-12-8-13-25(19-24)44(40,41)35(22-32(2,3)15-9-16-33)20-29(37)27(18-23-10-6-5-7-11-23)36(31(38)39)28-21-43-30-26(28)14-17-42-30/h5-8,10-13,19,26-30,34,37H,4,9,14-15,17-18,20-22H2,1-3H3,(H,38,39)/t26-,27-,28-,29+,30+/m0/s1. The molecule has 2 saturated heterocycles. The van der Waals surface area contributed by atoms with Crippen LogP contribution in [0, 0.1) is 22.7 Å². The van der Waals surface area contributed by atoms with Crippen LogP contribution in [0.25, 0.3) is 0 Å². The molecule has 2 fully saturated rings. The molecule has 240 valence electrons. The topological polar surface area (TPSA) is 152 Å². The Kier molecular flexibility index (Phi) is 11.3. The van der Waals surface area contributed by atoms with Crippen LogP contribution in [0.5, 0.6) is 0 Å². The largest absolute Gasteiger partial charge is 0.465 e. The van der Waals surface area contributed by atoms with Crippen LogP contribution in [0.4, 0.5) is 10.5 Å². The van der Waals surface area contributed by atoms with E-state index in [1.807, 2.05) is 51.1 Å². The smallest absolute Gasteiger partial charge is 0.407 e. The highest BCUT2D eigenvalue weighted by atomic mass is 32.2. The number of aliphatic hydroxyl groups is 1. The van der Waals surface area contributed by atoms with Gasteiger partial charge in [0, 0.05) is 37.7 Å². The molecule has 2 aromatic rings. The average Bonchev–Trinajstić information content (AvgIpc) is 3.61. The van der Waals surface area contributed by atoms with Crippen molar-refractivity contribution in [3.63, 3.8) is 0 Å². The van der Waals surface area contributed by atoms with Gasteiger partial charge in [0.25, 0.3) is 0 Å². The van der Waals surface area contributed by atoms with Crippen molar-refractivity contribution < 1.29 is 32.9 Å². The molecule has 0 aliphatic carbocycles. The number of hydrogen-bond donors (Lipinski definition) is 3. The molecule has 0 unspecified atom stereocenters. The number of benzene rings is 2. The number of ether oxygens (including phenoxy) is 2. The molecule has 0 bridgehead atoms. The summed E-state index contributed by atoms with van der Waals surface area (Å²) in [5.41, 5.74) is 0.853. The monoisotopic (exact) mass is 628 g/mol. The Balaban J connectivity index is 1.72. The summed E-state index contributed by atoms with van der Waals surface area (Å²) in [6.07, 6.45) is -1.61. The van der Waals surface area contributed by atoms with Gasteiger partial charge in [0.15, 0.2) is 6.29 Å². The summed E-state index contributed by atoms with van der Waals surface area (Å²) in [7, 11) is -4.14. The van der Waals surface area contributed by atoms with E-state index in [4.69, 9.17) is 9.47 Å². The molecule has 12 heteroatoms. The number of rotatable bonds is 15. The fraction of sp³-hybridized carbons (Fsp3) is 0.562. The third-order valence-electron chi connectivity index (χ3n) is 8.44. The fourth-order valence-electron chi connectivity index (χ4n) is 6.18. The van der Waals surface area contributed by atoms with E-state index in [-0.39, 0.29) is 43.4 Å². The first kappa shape index (κ1) is 33.7. The van der Waals surface area contributed by atoms with E-state index in [1.165, 1.54) is 15.3 Å². The minimum absolute atomic E-state index is 0.0235. The first-order chi connectivity index (χ1) is 21.0. The number of nitrogens with one attached hydrogen (secondary N) is 1. The average molecular weight is 629 g/mol. The van der Waals surface area contributed by atoms with Crippen LogP contribution in [0.1, 0.15) is 45.6 Å². The molecule has 2 heterocycles. The Morgan fingerprint density at radius 3 is 2.61 bits per heavy atom. The van der Waals surface area contributed by atoms with Gasteiger partial charge in [-0.1, -0.05) is 50.2 Å². The van der Waals surface area contributed by atoms with Crippen LogP contribution >= 0.6 is 0 Å². The molecule has 2 aliphatic rings. The highest BCUT2D eigenvalue weighted by molar-refractivity contribution is 7.89. The van der Waals surface area contributed by atoms with Crippen LogP contribution < -0.4 is 5.32 Å². The van der Waals surface area contributed by atoms with Gasteiger partial charge in [-0.15, -0.1) is 0 Å². The molecule has 3 N–H and O–H groups in total. The minimum Gasteiger partial charge on any atom is -0.465 e. The Bertz CT molecular complexity index is 1400. The quantitative estimate of drug-likeness (QED) is 0.264. The normalized spacial score (nSPS) is 21.4. The zero-order chi connectivity index (χ0) is 31.9. The van der Waals surface area contributed by atoms with Crippen molar-refractivity contribution in [2.45, 2.75) is 75.8 Å². The molecular formula is C32H44N4O7S. The van der Waals surface area contributed by atoms with Gasteiger partial charge >= 0.3 is 6.09 Å². The molecule has 1 amide bonds. The highest BCUT2D eigenvalue weighted by Crippen LogP contribution is 2.36. The third kappa shape index (κ3) is 8.08. The highest BCUT2D eigenvalue weighted by Gasteiger charge is 2.49. The van der Waals surface area contributed by atoms with E-state index in [1.54, 1.807) is 18.2 Å². The lowest BCUT2D eigenvalue weighted by molar-refractivity contribution is -0.0906. The predicted octanol–water partition coefficient (Wildman–Crippen LogP) is 4.15. The van der Waals surface area contributed by atoms with Gasteiger partial charge in [0.1, 0.15) is 0 Å². The number of sulfonamides is 1. The number of amides is 1. The summed E-state index contributed by atoms with van der Waals surface area (Å²) in [6, 6.07) is 16.4.